The van der Waals surface area contributed by atoms with Crippen LogP contribution in [0.4, 0.5) is 0 Å². The Hall–Kier alpha value is -2.41. The first-order chi connectivity index (χ1) is 10.9. The first-order valence-corrected chi connectivity index (χ1v) is 7.42. The Kier molecular flexibility index (Phi) is 7.76. The second-order valence-corrected chi connectivity index (χ2v) is 5.04. The highest BCUT2D eigenvalue weighted by atomic mass is 16.5. The van der Waals surface area contributed by atoms with Crippen LogP contribution in [0.3, 0.4) is 0 Å². The number of carbonyl (C=O) groups excluding carboxylic acids is 2. The van der Waals surface area contributed by atoms with Crippen molar-refractivity contribution in [1.29, 1.82) is 0 Å². The van der Waals surface area contributed by atoms with Gasteiger partial charge in [-0.25, -0.2) is 4.79 Å². The molecule has 0 saturated heterocycles. The molecule has 0 aliphatic heterocycles. The van der Waals surface area contributed by atoms with Gasteiger partial charge < -0.3 is 20.9 Å². The summed E-state index contributed by atoms with van der Waals surface area (Å²) in [6.07, 6.45) is 0.0659. The summed E-state index contributed by atoms with van der Waals surface area (Å²) in [5.74, 6) is -2.14. The maximum atomic E-state index is 12.0. The summed E-state index contributed by atoms with van der Waals surface area (Å²) in [6, 6.07) is 7.34. The number of esters is 1. The van der Waals surface area contributed by atoms with Gasteiger partial charge in [-0.1, -0.05) is 30.3 Å². The molecule has 0 radical (unpaired) electrons. The number of carboxylic acid groups (broad SMARTS) is 1. The van der Waals surface area contributed by atoms with E-state index in [0.29, 0.717) is 0 Å². The van der Waals surface area contributed by atoms with Crippen LogP contribution >= 0.6 is 0 Å². The molecule has 4 N–H and O–H groups in total. The fourth-order valence-electron chi connectivity index (χ4n) is 1.97. The summed E-state index contributed by atoms with van der Waals surface area (Å²) in [6.45, 7) is 1.88. The molecule has 2 atom stereocenters. The summed E-state index contributed by atoms with van der Waals surface area (Å²) < 4.78 is 4.97. The molecule has 7 nitrogen and oxygen atoms in total. The number of benzene rings is 1. The molecule has 0 spiro atoms. The molecule has 7 heteroatoms. The van der Waals surface area contributed by atoms with Gasteiger partial charge in [0.1, 0.15) is 6.04 Å². The van der Waals surface area contributed by atoms with E-state index in [1.807, 2.05) is 30.3 Å². The zero-order valence-corrected chi connectivity index (χ0v) is 13.0. The minimum atomic E-state index is -1.03. The van der Waals surface area contributed by atoms with Crippen molar-refractivity contribution in [2.24, 2.45) is 5.73 Å². The zero-order chi connectivity index (χ0) is 17.2. The lowest BCUT2D eigenvalue weighted by Gasteiger charge is -2.19. The van der Waals surface area contributed by atoms with Crippen LogP contribution < -0.4 is 11.1 Å². The maximum absolute atomic E-state index is 12.0. The van der Waals surface area contributed by atoms with Crippen LogP contribution in [0.1, 0.15) is 25.3 Å². The minimum Gasteiger partial charge on any atom is -0.481 e. The number of hydrogen-bond acceptors (Lipinski definition) is 5. The highest BCUT2D eigenvalue weighted by Gasteiger charge is 2.25. The average molecular weight is 322 g/mol. The molecular weight excluding hydrogens is 300 g/mol. The fraction of sp³-hybridized carbons (Fsp3) is 0.438. The van der Waals surface area contributed by atoms with Gasteiger partial charge in [0.25, 0.3) is 0 Å². The quantitative estimate of drug-likeness (QED) is 0.569. The van der Waals surface area contributed by atoms with E-state index >= 15 is 0 Å². The molecule has 0 aliphatic rings. The molecule has 1 aromatic rings. The molecule has 23 heavy (non-hydrogen) atoms. The van der Waals surface area contributed by atoms with Gasteiger partial charge in [-0.15, -0.1) is 0 Å². The van der Waals surface area contributed by atoms with E-state index in [0.717, 1.165) is 5.56 Å². The predicted molar refractivity (Wildman–Crippen MR) is 83.6 cm³/mol. The van der Waals surface area contributed by atoms with Crippen molar-refractivity contribution in [3.63, 3.8) is 0 Å². The average Bonchev–Trinajstić information content (AvgIpc) is 2.53. The molecule has 1 aromatic carbocycles. The van der Waals surface area contributed by atoms with Crippen molar-refractivity contribution in [2.75, 3.05) is 6.61 Å². The molecule has 0 unspecified atom stereocenters. The smallest absolute Gasteiger partial charge is 0.328 e. The van der Waals surface area contributed by atoms with Crippen LogP contribution in [-0.4, -0.2) is 41.6 Å². The van der Waals surface area contributed by atoms with E-state index in [2.05, 4.69) is 5.32 Å². The van der Waals surface area contributed by atoms with E-state index < -0.39 is 29.9 Å². The number of aliphatic carboxylic acids is 1. The van der Waals surface area contributed by atoms with Gasteiger partial charge >= 0.3 is 11.9 Å². The summed E-state index contributed by atoms with van der Waals surface area (Å²) in [4.78, 5) is 34.5. The highest BCUT2D eigenvalue weighted by molar-refractivity contribution is 5.87. The van der Waals surface area contributed by atoms with Crippen molar-refractivity contribution in [1.82, 2.24) is 5.32 Å². The van der Waals surface area contributed by atoms with Crippen molar-refractivity contribution < 1.29 is 24.2 Å². The number of carbonyl (C=O) groups is 3. The largest absolute Gasteiger partial charge is 0.481 e. The standard InChI is InChI=1S/C16H22N2O5/c1-2-23-16(22)13(10-11-6-4-3-5-7-11)18-15(21)12(17)8-9-14(19)20/h3-7,12-13H,2,8-10,17H2,1H3,(H,18,21)(H,19,20)/t12-,13-/m0/s1. The van der Waals surface area contributed by atoms with Crippen LogP contribution in [0.5, 0.6) is 0 Å². The zero-order valence-electron chi connectivity index (χ0n) is 13.0. The third-order valence-corrected chi connectivity index (χ3v) is 3.18. The van der Waals surface area contributed by atoms with Gasteiger partial charge in [0, 0.05) is 12.8 Å². The van der Waals surface area contributed by atoms with Crippen molar-refractivity contribution in [3.05, 3.63) is 35.9 Å². The van der Waals surface area contributed by atoms with Crippen molar-refractivity contribution in [2.45, 2.75) is 38.3 Å². The van der Waals surface area contributed by atoms with Crippen LogP contribution in [0, 0.1) is 0 Å². The van der Waals surface area contributed by atoms with E-state index in [1.165, 1.54) is 0 Å². The molecule has 0 saturated carbocycles. The predicted octanol–water partition coefficient (Wildman–Crippen LogP) is 0.469. The molecule has 1 rings (SSSR count). The van der Waals surface area contributed by atoms with Crippen LogP contribution in [0.15, 0.2) is 30.3 Å². The van der Waals surface area contributed by atoms with Crippen molar-refractivity contribution in [3.8, 4) is 0 Å². The normalized spacial score (nSPS) is 13.0. The summed E-state index contributed by atoms with van der Waals surface area (Å²) in [5, 5.41) is 11.2. The van der Waals surface area contributed by atoms with Gasteiger partial charge in [-0.2, -0.15) is 0 Å². The first kappa shape index (κ1) is 18.6. The summed E-state index contributed by atoms with van der Waals surface area (Å²) in [5.41, 5.74) is 6.52. The number of hydrogen-bond donors (Lipinski definition) is 3. The minimum absolute atomic E-state index is 0.00203. The second-order valence-electron chi connectivity index (χ2n) is 5.04. The van der Waals surface area contributed by atoms with Crippen LogP contribution in [0.25, 0.3) is 0 Å². The number of carboxylic acids is 1. The van der Waals surface area contributed by atoms with E-state index in [4.69, 9.17) is 15.6 Å². The van der Waals surface area contributed by atoms with E-state index in [9.17, 15) is 14.4 Å². The van der Waals surface area contributed by atoms with Gasteiger partial charge in [0.2, 0.25) is 5.91 Å². The van der Waals surface area contributed by atoms with Gasteiger partial charge in [-0.05, 0) is 18.9 Å². The lowest BCUT2D eigenvalue weighted by molar-refractivity contribution is -0.147. The molecule has 0 heterocycles. The number of ether oxygens (including phenoxy) is 1. The molecule has 0 aromatic heterocycles. The molecule has 0 fully saturated rings. The Morgan fingerprint density at radius 1 is 1.26 bits per heavy atom. The molecule has 1 amide bonds. The van der Waals surface area contributed by atoms with Crippen LogP contribution in [0.2, 0.25) is 0 Å². The molecular formula is C16H22N2O5. The Balaban J connectivity index is 2.70. The van der Waals surface area contributed by atoms with E-state index in [-0.39, 0.29) is 25.9 Å². The molecule has 126 valence electrons. The fourth-order valence-corrected chi connectivity index (χ4v) is 1.97. The van der Waals surface area contributed by atoms with E-state index in [1.54, 1.807) is 6.92 Å². The Bertz CT molecular complexity index is 533. The van der Waals surface area contributed by atoms with Gasteiger partial charge in [-0.3, -0.25) is 9.59 Å². The number of nitrogens with one attached hydrogen (secondary N) is 1. The van der Waals surface area contributed by atoms with Crippen molar-refractivity contribution >= 4 is 17.8 Å². The molecule has 0 bridgehead atoms. The Morgan fingerprint density at radius 3 is 2.48 bits per heavy atom. The van der Waals surface area contributed by atoms with Gasteiger partial charge in [0.15, 0.2) is 0 Å². The lowest BCUT2D eigenvalue weighted by Crippen LogP contribution is -2.50. The summed E-state index contributed by atoms with van der Waals surface area (Å²) >= 11 is 0. The monoisotopic (exact) mass is 322 g/mol. The third kappa shape index (κ3) is 6.92. The first-order valence-electron chi connectivity index (χ1n) is 7.42. The lowest BCUT2D eigenvalue weighted by atomic mass is 10.0. The maximum Gasteiger partial charge on any atom is 0.328 e. The van der Waals surface area contributed by atoms with Gasteiger partial charge in [0.05, 0.1) is 12.6 Å². The summed E-state index contributed by atoms with van der Waals surface area (Å²) in [7, 11) is 0. The second kappa shape index (κ2) is 9.58. The SMILES string of the molecule is CCOC(=O)[C@H](Cc1ccccc1)NC(=O)[C@@H](N)CCC(=O)O. The number of rotatable bonds is 9. The highest BCUT2D eigenvalue weighted by Crippen LogP contribution is 2.06. The topological polar surface area (TPSA) is 119 Å². The van der Waals surface area contributed by atoms with Crippen LogP contribution in [-0.2, 0) is 25.5 Å². The third-order valence-electron chi connectivity index (χ3n) is 3.18. The Labute approximate surface area is 134 Å². The number of amides is 1. The Morgan fingerprint density at radius 2 is 1.91 bits per heavy atom. The molecule has 0 aliphatic carbocycles. The number of nitrogens with two attached hydrogens (primary N) is 1.